The van der Waals surface area contributed by atoms with Gasteiger partial charge in [0.05, 0.1) is 5.75 Å². The first-order valence-electron chi connectivity index (χ1n) is 6.97. The maximum atomic E-state index is 10.8. The zero-order valence-corrected chi connectivity index (χ0v) is 13.4. The molecule has 0 bridgehead atoms. The summed E-state index contributed by atoms with van der Waals surface area (Å²) in [6.07, 6.45) is 3.25. The first kappa shape index (κ1) is 14.6. The van der Waals surface area contributed by atoms with E-state index in [-0.39, 0.29) is 11.8 Å². The average molecular weight is 323 g/mol. The molecule has 1 atom stereocenters. The van der Waals surface area contributed by atoms with Crippen molar-refractivity contribution in [1.29, 1.82) is 0 Å². The lowest BCUT2D eigenvalue weighted by atomic mass is 10.2. The van der Waals surface area contributed by atoms with Gasteiger partial charge in [0.1, 0.15) is 5.82 Å². The Morgan fingerprint density at radius 3 is 3.00 bits per heavy atom. The summed E-state index contributed by atoms with van der Waals surface area (Å²) in [4.78, 5) is 12.1. The van der Waals surface area contributed by atoms with Crippen molar-refractivity contribution in [2.24, 2.45) is 0 Å². The first-order chi connectivity index (χ1) is 10.1. The molecule has 0 aromatic carbocycles. The van der Waals surface area contributed by atoms with Gasteiger partial charge in [0.2, 0.25) is 0 Å². The number of carboxylic acids is 1. The summed E-state index contributed by atoms with van der Waals surface area (Å²) in [5.74, 6) is 0.719. The largest absolute Gasteiger partial charge is 0.481 e. The Labute approximate surface area is 131 Å². The highest BCUT2D eigenvalue weighted by atomic mass is 32.2. The third-order valence-corrected chi connectivity index (χ3v) is 5.30. The molecule has 0 spiro atoms. The van der Waals surface area contributed by atoms with Crippen molar-refractivity contribution in [2.75, 3.05) is 5.75 Å². The van der Waals surface area contributed by atoms with Gasteiger partial charge in [-0.3, -0.25) is 4.79 Å². The van der Waals surface area contributed by atoms with Gasteiger partial charge in [0, 0.05) is 23.3 Å². The number of carboxylic acid groups (broad SMARTS) is 1. The second kappa shape index (κ2) is 6.19. The molecule has 1 aliphatic rings. The maximum Gasteiger partial charge on any atom is 0.313 e. The molecule has 3 rings (SSSR count). The quantitative estimate of drug-likeness (QED) is 0.793. The summed E-state index contributed by atoms with van der Waals surface area (Å²) < 4.78 is 2.14. The highest BCUT2D eigenvalue weighted by Crippen LogP contribution is 2.41. The highest BCUT2D eigenvalue weighted by Gasteiger charge is 2.32. The highest BCUT2D eigenvalue weighted by molar-refractivity contribution is 7.99. The monoisotopic (exact) mass is 323 g/mol. The standard InChI is InChI=1S/C14H17N3O2S2/c1-9(7-11-3-2-6-20-11)17-13(10-4-5-10)15-16-14(17)21-8-12(18)19/h2-3,6,9-10H,4-5,7-8H2,1H3,(H,18,19). The van der Waals surface area contributed by atoms with E-state index in [4.69, 9.17) is 5.11 Å². The van der Waals surface area contributed by atoms with E-state index in [2.05, 4.69) is 39.2 Å². The molecule has 1 fully saturated rings. The van der Waals surface area contributed by atoms with Crippen LogP contribution in [0.1, 0.15) is 42.4 Å². The summed E-state index contributed by atoms with van der Waals surface area (Å²) in [5.41, 5.74) is 0. The van der Waals surface area contributed by atoms with Crippen molar-refractivity contribution >= 4 is 29.1 Å². The Balaban J connectivity index is 1.82. The van der Waals surface area contributed by atoms with E-state index in [0.717, 1.165) is 30.2 Å². The Hall–Kier alpha value is -1.34. The molecule has 1 unspecified atom stereocenters. The molecule has 21 heavy (non-hydrogen) atoms. The van der Waals surface area contributed by atoms with Crippen LogP contribution in [-0.4, -0.2) is 31.6 Å². The summed E-state index contributed by atoms with van der Waals surface area (Å²) in [5, 5.41) is 20.2. The summed E-state index contributed by atoms with van der Waals surface area (Å²) in [7, 11) is 0. The molecule has 112 valence electrons. The molecule has 0 radical (unpaired) electrons. The molecule has 2 aromatic rings. The minimum Gasteiger partial charge on any atom is -0.481 e. The van der Waals surface area contributed by atoms with Gasteiger partial charge >= 0.3 is 5.97 Å². The first-order valence-corrected chi connectivity index (χ1v) is 8.83. The molecule has 0 aliphatic heterocycles. The second-order valence-electron chi connectivity index (χ2n) is 5.30. The van der Waals surface area contributed by atoms with Crippen LogP contribution < -0.4 is 0 Å². The Kier molecular flexibility index (Phi) is 4.30. The third kappa shape index (κ3) is 3.47. The number of carbonyl (C=O) groups is 1. The Morgan fingerprint density at radius 2 is 2.38 bits per heavy atom. The maximum absolute atomic E-state index is 10.8. The van der Waals surface area contributed by atoms with Crippen molar-refractivity contribution in [3.8, 4) is 0 Å². The van der Waals surface area contributed by atoms with Gasteiger partial charge in [-0.25, -0.2) is 0 Å². The van der Waals surface area contributed by atoms with Crippen LogP contribution in [0.4, 0.5) is 0 Å². The second-order valence-corrected chi connectivity index (χ2v) is 7.27. The van der Waals surface area contributed by atoms with Crippen molar-refractivity contribution in [3.05, 3.63) is 28.2 Å². The topological polar surface area (TPSA) is 68.0 Å². The number of rotatable bonds is 7. The van der Waals surface area contributed by atoms with E-state index in [1.165, 1.54) is 16.6 Å². The molecule has 2 aromatic heterocycles. The van der Waals surface area contributed by atoms with Gasteiger partial charge in [0.15, 0.2) is 5.16 Å². The Morgan fingerprint density at radius 1 is 1.57 bits per heavy atom. The van der Waals surface area contributed by atoms with Gasteiger partial charge in [-0.2, -0.15) is 0 Å². The zero-order chi connectivity index (χ0) is 14.8. The lowest BCUT2D eigenvalue weighted by molar-refractivity contribution is -0.133. The van der Waals surface area contributed by atoms with E-state index in [1.54, 1.807) is 11.3 Å². The van der Waals surface area contributed by atoms with Gasteiger partial charge < -0.3 is 9.67 Å². The molecule has 1 saturated carbocycles. The average Bonchev–Trinajstić information content (AvgIpc) is 2.99. The molecule has 2 heterocycles. The lowest BCUT2D eigenvalue weighted by Gasteiger charge is -2.17. The fourth-order valence-electron chi connectivity index (χ4n) is 2.36. The zero-order valence-electron chi connectivity index (χ0n) is 11.7. The molecule has 0 saturated heterocycles. The van der Waals surface area contributed by atoms with E-state index in [0.29, 0.717) is 5.92 Å². The molecular formula is C14H17N3O2S2. The molecule has 1 aliphatic carbocycles. The van der Waals surface area contributed by atoms with Gasteiger partial charge in [-0.1, -0.05) is 17.8 Å². The predicted molar refractivity (Wildman–Crippen MR) is 83.1 cm³/mol. The fraction of sp³-hybridized carbons (Fsp3) is 0.500. The number of thioether (sulfide) groups is 1. The van der Waals surface area contributed by atoms with Crippen LogP contribution in [-0.2, 0) is 11.2 Å². The smallest absolute Gasteiger partial charge is 0.313 e. The van der Waals surface area contributed by atoms with Gasteiger partial charge in [-0.05, 0) is 31.2 Å². The fourth-order valence-corrected chi connectivity index (χ4v) is 3.95. The van der Waals surface area contributed by atoms with Gasteiger partial charge in [0.25, 0.3) is 0 Å². The van der Waals surface area contributed by atoms with E-state index in [9.17, 15) is 4.79 Å². The van der Waals surface area contributed by atoms with Crippen molar-refractivity contribution in [2.45, 2.75) is 43.3 Å². The van der Waals surface area contributed by atoms with Crippen LogP contribution >= 0.6 is 23.1 Å². The molecule has 1 N–H and O–H groups in total. The van der Waals surface area contributed by atoms with Gasteiger partial charge in [-0.15, -0.1) is 21.5 Å². The number of hydrogen-bond donors (Lipinski definition) is 1. The summed E-state index contributed by atoms with van der Waals surface area (Å²) in [6.45, 7) is 2.15. The summed E-state index contributed by atoms with van der Waals surface area (Å²) >= 11 is 3.00. The van der Waals surface area contributed by atoms with Crippen molar-refractivity contribution in [3.63, 3.8) is 0 Å². The lowest BCUT2D eigenvalue weighted by Crippen LogP contribution is -2.13. The number of thiophene rings is 1. The third-order valence-electron chi connectivity index (χ3n) is 3.48. The predicted octanol–water partition coefficient (Wildman–Crippen LogP) is 3.20. The molecular weight excluding hydrogens is 306 g/mol. The Bertz CT molecular complexity index is 620. The van der Waals surface area contributed by atoms with Crippen LogP contribution in [0.5, 0.6) is 0 Å². The minimum atomic E-state index is -0.826. The molecule has 0 amide bonds. The molecule has 7 heteroatoms. The van der Waals surface area contributed by atoms with E-state index in [1.807, 2.05) is 0 Å². The minimum absolute atomic E-state index is 0.0223. The number of aliphatic carboxylic acids is 1. The van der Waals surface area contributed by atoms with Crippen LogP contribution in [0.3, 0.4) is 0 Å². The van der Waals surface area contributed by atoms with Crippen LogP contribution in [0, 0.1) is 0 Å². The normalized spacial score (nSPS) is 16.0. The SMILES string of the molecule is CC(Cc1cccs1)n1c(SCC(=O)O)nnc1C1CC1. The van der Waals surface area contributed by atoms with Crippen molar-refractivity contribution in [1.82, 2.24) is 14.8 Å². The van der Waals surface area contributed by atoms with Crippen LogP contribution in [0.15, 0.2) is 22.7 Å². The van der Waals surface area contributed by atoms with E-state index < -0.39 is 5.97 Å². The number of hydrogen-bond acceptors (Lipinski definition) is 5. The number of aromatic nitrogens is 3. The van der Waals surface area contributed by atoms with Crippen LogP contribution in [0.25, 0.3) is 0 Å². The molecule has 5 nitrogen and oxygen atoms in total. The van der Waals surface area contributed by atoms with Crippen molar-refractivity contribution < 1.29 is 9.90 Å². The summed E-state index contributed by atoms with van der Waals surface area (Å²) in [6, 6.07) is 4.43. The number of nitrogens with zero attached hydrogens (tertiary/aromatic N) is 3. The van der Waals surface area contributed by atoms with Crippen LogP contribution in [0.2, 0.25) is 0 Å². The van der Waals surface area contributed by atoms with E-state index >= 15 is 0 Å².